The molecule has 0 bridgehead atoms. The van der Waals surface area contributed by atoms with E-state index in [1.165, 1.54) is 16.2 Å². The van der Waals surface area contributed by atoms with Gasteiger partial charge in [-0.05, 0) is 60.3 Å². The predicted octanol–water partition coefficient (Wildman–Crippen LogP) is 4.97. The molecule has 0 radical (unpaired) electrons. The normalized spacial score (nSPS) is 16.1. The summed E-state index contributed by atoms with van der Waals surface area (Å²) in [6, 6.07) is 7.70. The number of rotatable bonds is 8. The Morgan fingerprint density at radius 2 is 1.97 bits per heavy atom. The van der Waals surface area contributed by atoms with E-state index in [0.717, 1.165) is 42.6 Å². The van der Waals surface area contributed by atoms with Crippen LogP contribution in [0.4, 0.5) is 5.00 Å². The highest BCUT2D eigenvalue weighted by Crippen LogP contribution is 2.45. The zero-order valence-electron chi connectivity index (χ0n) is 18.3. The summed E-state index contributed by atoms with van der Waals surface area (Å²) in [5.41, 5.74) is 8.59. The van der Waals surface area contributed by atoms with E-state index < -0.39 is 5.91 Å². The molecule has 30 heavy (non-hydrogen) atoms. The molecule has 1 aromatic carbocycles. The largest absolute Gasteiger partial charge is 0.497 e. The Balaban J connectivity index is 1.71. The highest BCUT2D eigenvalue weighted by molar-refractivity contribution is 7.17. The van der Waals surface area contributed by atoms with Crippen LogP contribution < -0.4 is 15.8 Å². The first-order valence-electron chi connectivity index (χ1n) is 10.6. The van der Waals surface area contributed by atoms with Gasteiger partial charge in [-0.2, -0.15) is 0 Å². The number of aryl methyl sites for hydroxylation is 1. The van der Waals surface area contributed by atoms with E-state index in [-0.39, 0.29) is 11.3 Å². The molecule has 1 heterocycles. The SMILES string of the molecule is CCC(C)(C)C1CCc2c(sc(NC(=O)CCc3ccc(OC)cc3)c2C(N)=O)C1. The van der Waals surface area contributed by atoms with E-state index in [0.29, 0.717) is 29.3 Å². The van der Waals surface area contributed by atoms with Crippen LogP contribution >= 0.6 is 11.3 Å². The van der Waals surface area contributed by atoms with Crippen molar-refractivity contribution in [3.63, 3.8) is 0 Å². The molecule has 1 atom stereocenters. The second kappa shape index (κ2) is 9.21. The molecule has 6 heteroatoms. The number of fused-ring (bicyclic) bond motifs is 1. The maximum absolute atomic E-state index is 12.6. The smallest absolute Gasteiger partial charge is 0.251 e. The van der Waals surface area contributed by atoms with E-state index in [2.05, 4.69) is 26.1 Å². The maximum Gasteiger partial charge on any atom is 0.251 e. The molecule has 162 valence electrons. The fraction of sp³-hybridized carbons (Fsp3) is 0.500. The number of methoxy groups -OCH3 is 1. The summed E-state index contributed by atoms with van der Waals surface area (Å²) < 4.78 is 5.16. The van der Waals surface area contributed by atoms with Crippen molar-refractivity contribution in [2.24, 2.45) is 17.1 Å². The number of anilines is 1. The number of amides is 2. The molecule has 1 aromatic heterocycles. The van der Waals surface area contributed by atoms with Gasteiger partial charge in [-0.25, -0.2) is 0 Å². The molecule has 2 amide bonds. The van der Waals surface area contributed by atoms with Crippen molar-refractivity contribution in [1.82, 2.24) is 0 Å². The molecule has 0 fully saturated rings. The fourth-order valence-electron chi connectivity index (χ4n) is 4.13. The first-order valence-corrected chi connectivity index (χ1v) is 11.4. The van der Waals surface area contributed by atoms with Gasteiger partial charge in [-0.3, -0.25) is 9.59 Å². The van der Waals surface area contributed by atoms with Gasteiger partial charge in [0.2, 0.25) is 5.91 Å². The Hall–Kier alpha value is -2.34. The van der Waals surface area contributed by atoms with E-state index in [9.17, 15) is 9.59 Å². The third kappa shape index (κ3) is 4.86. The van der Waals surface area contributed by atoms with Gasteiger partial charge in [0.15, 0.2) is 0 Å². The van der Waals surface area contributed by atoms with Crippen molar-refractivity contribution >= 4 is 28.2 Å². The zero-order valence-corrected chi connectivity index (χ0v) is 19.2. The summed E-state index contributed by atoms with van der Waals surface area (Å²) in [5.74, 6) is 0.819. The average Bonchev–Trinajstić information content (AvgIpc) is 3.09. The molecular weight excluding hydrogens is 396 g/mol. The Labute approximate surface area is 183 Å². The molecule has 3 rings (SSSR count). The molecule has 2 aromatic rings. The van der Waals surface area contributed by atoms with Crippen LogP contribution in [-0.4, -0.2) is 18.9 Å². The topological polar surface area (TPSA) is 81.4 Å². The first-order chi connectivity index (χ1) is 14.2. The molecular formula is C24H32N2O3S. The van der Waals surface area contributed by atoms with E-state index in [4.69, 9.17) is 10.5 Å². The zero-order chi connectivity index (χ0) is 21.9. The Bertz CT molecular complexity index is 915. The third-order valence-electron chi connectivity index (χ3n) is 6.58. The van der Waals surface area contributed by atoms with Crippen LogP contribution in [0.5, 0.6) is 5.75 Å². The minimum absolute atomic E-state index is 0.0997. The van der Waals surface area contributed by atoms with Gasteiger partial charge in [0.05, 0.1) is 12.7 Å². The lowest BCUT2D eigenvalue weighted by Gasteiger charge is -2.36. The van der Waals surface area contributed by atoms with E-state index >= 15 is 0 Å². The molecule has 3 N–H and O–H groups in total. The van der Waals surface area contributed by atoms with Gasteiger partial charge >= 0.3 is 0 Å². The van der Waals surface area contributed by atoms with Crippen molar-refractivity contribution in [2.45, 2.75) is 59.3 Å². The average molecular weight is 429 g/mol. The number of primary amides is 1. The molecule has 1 aliphatic carbocycles. The predicted molar refractivity (Wildman–Crippen MR) is 122 cm³/mol. The summed E-state index contributed by atoms with van der Waals surface area (Å²) in [6.07, 6.45) is 4.94. The fourth-order valence-corrected chi connectivity index (χ4v) is 5.48. The molecule has 1 aliphatic rings. The van der Waals surface area contributed by atoms with E-state index in [1.807, 2.05) is 24.3 Å². The number of ether oxygens (including phenoxy) is 1. The molecule has 1 unspecified atom stereocenters. The summed E-state index contributed by atoms with van der Waals surface area (Å²) in [4.78, 5) is 26.0. The van der Waals surface area contributed by atoms with Gasteiger partial charge in [0.1, 0.15) is 10.8 Å². The van der Waals surface area contributed by atoms with Crippen molar-refractivity contribution in [2.75, 3.05) is 12.4 Å². The number of carbonyl (C=O) groups is 2. The minimum Gasteiger partial charge on any atom is -0.497 e. The number of nitrogens with two attached hydrogens (primary N) is 1. The lowest BCUT2D eigenvalue weighted by atomic mass is 9.69. The number of hydrogen-bond donors (Lipinski definition) is 2. The van der Waals surface area contributed by atoms with Crippen LogP contribution in [-0.2, 0) is 24.1 Å². The van der Waals surface area contributed by atoms with E-state index in [1.54, 1.807) is 7.11 Å². The molecule has 0 spiro atoms. The van der Waals surface area contributed by atoms with Gasteiger partial charge in [0.25, 0.3) is 5.91 Å². The van der Waals surface area contributed by atoms with Crippen molar-refractivity contribution in [3.8, 4) is 5.75 Å². The van der Waals surface area contributed by atoms with Crippen LogP contribution in [0.15, 0.2) is 24.3 Å². The second-order valence-corrected chi connectivity index (χ2v) is 9.86. The summed E-state index contributed by atoms with van der Waals surface area (Å²) in [7, 11) is 1.63. The van der Waals surface area contributed by atoms with Crippen molar-refractivity contribution in [3.05, 3.63) is 45.8 Å². The van der Waals surface area contributed by atoms with Crippen LogP contribution in [0.25, 0.3) is 0 Å². The standard InChI is InChI=1S/C24H32N2O3S/c1-5-24(2,3)16-9-12-18-19(14-16)30-23(21(18)22(25)28)26-20(27)13-8-15-6-10-17(29-4)11-7-15/h6-7,10-11,16H,5,8-9,12-14H2,1-4H3,(H2,25,28)(H,26,27). The monoisotopic (exact) mass is 428 g/mol. The number of nitrogens with one attached hydrogen (secondary N) is 1. The lowest BCUT2D eigenvalue weighted by molar-refractivity contribution is -0.116. The number of hydrogen-bond acceptors (Lipinski definition) is 4. The van der Waals surface area contributed by atoms with Crippen molar-refractivity contribution in [1.29, 1.82) is 0 Å². The van der Waals surface area contributed by atoms with Gasteiger partial charge < -0.3 is 15.8 Å². The maximum atomic E-state index is 12.6. The number of thiophene rings is 1. The van der Waals surface area contributed by atoms with Gasteiger partial charge in [0, 0.05) is 11.3 Å². The minimum atomic E-state index is -0.453. The molecule has 0 saturated carbocycles. The number of benzene rings is 1. The van der Waals surface area contributed by atoms with Gasteiger partial charge in [-0.15, -0.1) is 11.3 Å². The Morgan fingerprint density at radius 1 is 1.27 bits per heavy atom. The highest BCUT2D eigenvalue weighted by Gasteiger charge is 2.34. The van der Waals surface area contributed by atoms with Gasteiger partial charge in [-0.1, -0.05) is 39.3 Å². The Kier molecular flexibility index (Phi) is 6.86. The third-order valence-corrected chi connectivity index (χ3v) is 7.75. The van der Waals surface area contributed by atoms with Crippen LogP contribution in [0.2, 0.25) is 0 Å². The quantitative estimate of drug-likeness (QED) is 0.623. The summed E-state index contributed by atoms with van der Waals surface area (Å²) >= 11 is 1.53. The van der Waals surface area contributed by atoms with Crippen molar-refractivity contribution < 1.29 is 14.3 Å². The number of carbonyl (C=O) groups excluding carboxylic acids is 2. The summed E-state index contributed by atoms with van der Waals surface area (Å²) in [6.45, 7) is 6.85. The lowest BCUT2D eigenvalue weighted by Crippen LogP contribution is -2.29. The van der Waals surface area contributed by atoms with Crippen LogP contribution in [0, 0.1) is 11.3 Å². The van der Waals surface area contributed by atoms with Crippen LogP contribution in [0.1, 0.15) is 66.4 Å². The molecule has 5 nitrogen and oxygen atoms in total. The molecule has 0 saturated heterocycles. The second-order valence-electron chi connectivity index (χ2n) is 8.75. The summed E-state index contributed by atoms with van der Waals surface area (Å²) in [5, 5.41) is 3.58. The first kappa shape index (κ1) is 22.3. The molecule has 0 aliphatic heterocycles. The highest BCUT2D eigenvalue weighted by atomic mass is 32.1. The Morgan fingerprint density at radius 3 is 2.57 bits per heavy atom. The van der Waals surface area contributed by atoms with Crippen LogP contribution in [0.3, 0.4) is 0 Å².